The smallest absolute Gasteiger partial charge is 0.322 e. The predicted octanol–water partition coefficient (Wildman–Crippen LogP) is 5.04. The van der Waals surface area contributed by atoms with Crippen LogP contribution in [0.2, 0.25) is 5.02 Å². The maximum absolute atomic E-state index is 6.28. The monoisotopic (exact) mass is 468 g/mol. The van der Waals surface area contributed by atoms with E-state index in [0.717, 1.165) is 18.8 Å². The summed E-state index contributed by atoms with van der Waals surface area (Å²) in [6.07, 6.45) is 4.19. The number of hydrogen-bond donors (Lipinski definition) is 1. The zero-order chi connectivity index (χ0) is 22.9. The number of hydrogen-bond acceptors (Lipinski definition) is 7. The molecule has 1 saturated heterocycles. The van der Waals surface area contributed by atoms with Crippen molar-refractivity contribution >= 4 is 23.2 Å². The van der Waals surface area contributed by atoms with Gasteiger partial charge in [0.05, 0.1) is 18.2 Å². The van der Waals surface area contributed by atoms with Gasteiger partial charge in [-0.05, 0) is 56.7 Å². The van der Waals surface area contributed by atoms with E-state index in [-0.39, 0.29) is 6.04 Å². The van der Waals surface area contributed by atoms with Gasteiger partial charge in [-0.3, -0.25) is 0 Å². The summed E-state index contributed by atoms with van der Waals surface area (Å²) in [5, 5.41) is 8.89. The van der Waals surface area contributed by atoms with Gasteiger partial charge < -0.3 is 19.7 Å². The predicted molar refractivity (Wildman–Crippen MR) is 129 cm³/mol. The second-order valence-corrected chi connectivity index (χ2v) is 9.43. The number of para-hydroxylation sites is 1. The van der Waals surface area contributed by atoms with Gasteiger partial charge in [-0.1, -0.05) is 23.7 Å². The number of pyridine rings is 1. The second-order valence-electron chi connectivity index (χ2n) is 9.02. The SMILES string of the molecule is COc1cc(N2C[C@H]3CC[C@@H](C2)C3Nc2nc(Oc3ccccc3Cl)n(C(C)C)n2)ccn1. The van der Waals surface area contributed by atoms with E-state index in [1.54, 1.807) is 17.9 Å². The van der Waals surface area contributed by atoms with Gasteiger partial charge in [-0.25, -0.2) is 9.67 Å². The molecule has 0 radical (unpaired) electrons. The summed E-state index contributed by atoms with van der Waals surface area (Å²) in [6.45, 7) is 6.08. The minimum Gasteiger partial charge on any atom is -0.481 e. The highest BCUT2D eigenvalue weighted by molar-refractivity contribution is 6.32. The van der Waals surface area contributed by atoms with Crippen LogP contribution < -0.4 is 19.7 Å². The molecule has 1 aromatic carbocycles. The van der Waals surface area contributed by atoms with Crippen LogP contribution in [-0.2, 0) is 0 Å². The number of halogens is 1. The highest BCUT2D eigenvalue weighted by Crippen LogP contribution is 2.40. The van der Waals surface area contributed by atoms with Crippen LogP contribution in [0.25, 0.3) is 0 Å². The van der Waals surface area contributed by atoms with Crippen molar-refractivity contribution in [2.45, 2.75) is 38.8 Å². The fourth-order valence-electron chi connectivity index (χ4n) is 4.93. The summed E-state index contributed by atoms with van der Waals surface area (Å²) < 4.78 is 13.1. The lowest BCUT2D eigenvalue weighted by Gasteiger charge is -2.39. The van der Waals surface area contributed by atoms with E-state index < -0.39 is 0 Å². The number of piperidine rings is 1. The Bertz CT molecular complexity index is 1110. The molecule has 2 bridgehead atoms. The Morgan fingerprint density at radius 3 is 2.58 bits per heavy atom. The van der Waals surface area contributed by atoms with Crippen LogP contribution in [0.5, 0.6) is 17.6 Å². The third-order valence-corrected chi connectivity index (χ3v) is 6.86. The summed E-state index contributed by atoms with van der Waals surface area (Å²) in [6, 6.07) is 12.3. The molecule has 1 N–H and O–H groups in total. The van der Waals surface area contributed by atoms with E-state index in [0.29, 0.717) is 46.5 Å². The minimum atomic E-state index is 0.103. The first kappa shape index (κ1) is 21.8. The normalized spacial score (nSPS) is 22.0. The number of fused-ring (bicyclic) bond motifs is 2. The zero-order valence-corrected chi connectivity index (χ0v) is 19.9. The van der Waals surface area contributed by atoms with Crippen LogP contribution in [0.1, 0.15) is 32.7 Å². The van der Waals surface area contributed by atoms with Crippen molar-refractivity contribution in [1.82, 2.24) is 19.7 Å². The quantitative estimate of drug-likeness (QED) is 0.520. The molecule has 1 aliphatic heterocycles. The molecule has 3 aromatic rings. The van der Waals surface area contributed by atoms with Crippen molar-refractivity contribution < 1.29 is 9.47 Å². The second kappa shape index (κ2) is 9.09. The molecule has 0 amide bonds. The first-order chi connectivity index (χ1) is 16.0. The number of nitrogens with one attached hydrogen (secondary N) is 1. The summed E-state index contributed by atoms with van der Waals surface area (Å²) in [5.41, 5.74) is 1.16. The van der Waals surface area contributed by atoms with E-state index in [4.69, 9.17) is 26.2 Å². The van der Waals surface area contributed by atoms with E-state index in [9.17, 15) is 0 Å². The van der Waals surface area contributed by atoms with Crippen LogP contribution in [0.4, 0.5) is 11.6 Å². The highest BCUT2D eigenvalue weighted by atomic mass is 35.5. The summed E-state index contributed by atoms with van der Waals surface area (Å²) >= 11 is 6.28. The number of benzene rings is 1. The van der Waals surface area contributed by atoms with Crippen molar-refractivity contribution in [3.05, 3.63) is 47.6 Å². The van der Waals surface area contributed by atoms with Crippen LogP contribution >= 0.6 is 11.6 Å². The maximum Gasteiger partial charge on any atom is 0.322 e. The average Bonchev–Trinajstić information content (AvgIpc) is 3.31. The Morgan fingerprint density at radius 1 is 1.12 bits per heavy atom. The number of methoxy groups -OCH3 is 1. The third kappa shape index (κ3) is 4.44. The van der Waals surface area contributed by atoms with Gasteiger partial charge in [0.2, 0.25) is 11.8 Å². The molecule has 1 aliphatic carbocycles. The van der Waals surface area contributed by atoms with Crippen molar-refractivity contribution in [1.29, 1.82) is 0 Å². The average molecular weight is 469 g/mol. The maximum atomic E-state index is 6.28. The molecule has 9 heteroatoms. The molecule has 2 aromatic heterocycles. The topological polar surface area (TPSA) is 77.3 Å². The van der Waals surface area contributed by atoms with Crippen molar-refractivity contribution in [3.63, 3.8) is 0 Å². The van der Waals surface area contributed by atoms with Crippen molar-refractivity contribution in [3.8, 4) is 17.6 Å². The molecule has 5 rings (SSSR count). The van der Waals surface area contributed by atoms with E-state index in [2.05, 4.69) is 40.1 Å². The third-order valence-electron chi connectivity index (χ3n) is 6.55. The summed E-state index contributed by atoms with van der Waals surface area (Å²) in [7, 11) is 1.65. The number of anilines is 2. The fraction of sp³-hybridized carbons (Fsp3) is 0.458. The molecule has 33 heavy (non-hydrogen) atoms. The van der Waals surface area contributed by atoms with Crippen molar-refractivity contribution in [2.24, 2.45) is 11.8 Å². The molecule has 174 valence electrons. The fourth-order valence-corrected chi connectivity index (χ4v) is 5.10. The van der Waals surface area contributed by atoms with E-state index in [1.165, 1.54) is 12.8 Å². The first-order valence-corrected chi connectivity index (χ1v) is 11.8. The van der Waals surface area contributed by atoms with Crippen LogP contribution in [0, 0.1) is 11.8 Å². The molecule has 1 saturated carbocycles. The molecular formula is C24H29ClN6O2. The Kier molecular flexibility index (Phi) is 6.01. The Morgan fingerprint density at radius 2 is 1.88 bits per heavy atom. The lowest BCUT2D eigenvalue weighted by molar-refractivity contribution is 0.373. The molecule has 8 nitrogen and oxygen atoms in total. The standard InChI is InChI=1S/C24H29ClN6O2/c1-15(2)31-24(33-20-7-5-4-6-19(20)25)28-23(29-31)27-22-16-8-9-17(22)14-30(13-16)18-10-11-26-21(12-18)32-3/h4-7,10-12,15-17,22H,8-9,13-14H2,1-3H3,(H,27,29)/t16-,17+,22?. The Balaban J connectivity index is 1.32. The van der Waals surface area contributed by atoms with Crippen LogP contribution in [-0.4, -0.2) is 46.0 Å². The zero-order valence-electron chi connectivity index (χ0n) is 19.1. The van der Waals surface area contributed by atoms with Gasteiger partial charge in [0, 0.05) is 37.1 Å². The lowest BCUT2D eigenvalue weighted by Crippen LogP contribution is -2.48. The van der Waals surface area contributed by atoms with Gasteiger partial charge in [0.25, 0.3) is 0 Å². The van der Waals surface area contributed by atoms with Gasteiger partial charge in [-0.15, -0.1) is 5.10 Å². The molecule has 2 fully saturated rings. The number of aromatic nitrogens is 4. The molecule has 1 unspecified atom stereocenters. The lowest BCUT2D eigenvalue weighted by atomic mass is 9.92. The van der Waals surface area contributed by atoms with Gasteiger partial charge in [0.1, 0.15) is 5.75 Å². The minimum absolute atomic E-state index is 0.103. The molecule has 0 spiro atoms. The van der Waals surface area contributed by atoms with Crippen LogP contribution in [0.15, 0.2) is 42.6 Å². The summed E-state index contributed by atoms with van der Waals surface area (Å²) in [4.78, 5) is 11.4. The largest absolute Gasteiger partial charge is 0.481 e. The van der Waals surface area contributed by atoms with Crippen LogP contribution in [0.3, 0.4) is 0 Å². The van der Waals surface area contributed by atoms with E-state index >= 15 is 0 Å². The number of nitrogens with zero attached hydrogens (tertiary/aromatic N) is 5. The van der Waals surface area contributed by atoms with Gasteiger partial charge in [0.15, 0.2) is 0 Å². The van der Waals surface area contributed by atoms with Gasteiger partial charge in [-0.2, -0.15) is 4.98 Å². The molecule has 3 atom stereocenters. The Hall–Kier alpha value is -3.00. The summed E-state index contributed by atoms with van der Waals surface area (Å²) in [5.74, 6) is 2.85. The first-order valence-electron chi connectivity index (χ1n) is 11.4. The number of rotatable bonds is 7. The molecule has 2 aliphatic rings. The number of ether oxygens (including phenoxy) is 2. The Labute approximate surface area is 198 Å². The molecular weight excluding hydrogens is 440 g/mol. The van der Waals surface area contributed by atoms with E-state index in [1.807, 2.05) is 30.5 Å². The highest BCUT2D eigenvalue weighted by Gasteiger charge is 2.42. The molecule has 3 heterocycles. The van der Waals surface area contributed by atoms with Crippen molar-refractivity contribution in [2.75, 3.05) is 30.4 Å². The van der Waals surface area contributed by atoms with Gasteiger partial charge >= 0.3 is 6.01 Å².